The van der Waals surface area contributed by atoms with Gasteiger partial charge in [-0.15, -0.1) is 0 Å². The number of carboxylic acid groups (broad SMARTS) is 1. The molecular weight excluding hydrogens is 296 g/mol. The number of nitrogens with zero attached hydrogens (tertiary/aromatic N) is 3. The Hall–Kier alpha value is -1.45. The average molecular weight is 316 g/mol. The molecule has 2 rings (SSSR count). The largest absolute Gasteiger partial charge is 0.480 e. The van der Waals surface area contributed by atoms with Crippen molar-refractivity contribution in [1.82, 2.24) is 18.8 Å². The van der Waals surface area contributed by atoms with E-state index < -0.39 is 22.2 Å². The molecule has 0 saturated carbocycles. The van der Waals surface area contributed by atoms with Crippen molar-refractivity contribution in [2.75, 3.05) is 6.54 Å². The first-order valence-corrected chi connectivity index (χ1v) is 8.23. The molecule has 9 heteroatoms. The van der Waals surface area contributed by atoms with Crippen molar-refractivity contribution in [2.45, 2.75) is 38.8 Å². The Labute approximate surface area is 123 Å². The minimum Gasteiger partial charge on any atom is -0.480 e. The Kier molecular flexibility index (Phi) is 4.64. The molecule has 1 aliphatic heterocycles. The van der Waals surface area contributed by atoms with Crippen LogP contribution >= 0.6 is 0 Å². The average Bonchev–Trinajstić information content (AvgIpc) is 2.75. The van der Waals surface area contributed by atoms with Gasteiger partial charge in [0, 0.05) is 31.9 Å². The molecule has 1 aromatic rings. The summed E-state index contributed by atoms with van der Waals surface area (Å²) in [4.78, 5) is 11.2. The van der Waals surface area contributed by atoms with Gasteiger partial charge in [0.1, 0.15) is 6.04 Å². The summed E-state index contributed by atoms with van der Waals surface area (Å²) in [7, 11) is -2.06. The van der Waals surface area contributed by atoms with E-state index in [0.29, 0.717) is 12.8 Å². The fourth-order valence-electron chi connectivity index (χ4n) is 2.51. The van der Waals surface area contributed by atoms with Crippen molar-refractivity contribution in [1.29, 1.82) is 0 Å². The van der Waals surface area contributed by atoms with Gasteiger partial charge in [-0.25, -0.2) is 0 Å². The van der Waals surface area contributed by atoms with Gasteiger partial charge in [-0.3, -0.25) is 9.48 Å². The van der Waals surface area contributed by atoms with E-state index in [9.17, 15) is 13.2 Å². The molecule has 0 aromatic carbocycles. The summed E-state index contributed by atoms with van der Waals surface area (Å²) in [6.07, 6.45) is 3.49. The van der Waals surface area contributed by atoms with Gasteiger partial charge < -0.3 is 5.11 Å². The number of aliphatic carboxylic acids is 1. The molecule has 0 bridgehead atoms. The molecule has 118 valence electrons. The Balaban J connectivity index is 2.10. The number of rotatable bonds is 5. The number of aryl methyl sites for hydroxylation is 2. The topological polar surface area (TPSA) is 105 Å². The normalized spacial score (nSPS) is 20.6. The van der Waals surface area contributed by atoms with Gasteiger partial charge in [0.2, 0.25) is 0 Å². The molecule has 0 aliphatic carbocycles. The van der Waals surface area contributed by atoms with Gasteiger partial charge in [-0.2, -0.15) is 22.5 Å². The van der Waals surface area contributed by atoms with Crippen LogP contribution in [0.1, 0.15) is 30.5 Å². The van der Waals surface area contributed by atoms with E-state index in [0.717, 1.165) is 22.0 Å². The van der Waals surface area contributed by atoms with E-state index in [1.165, 1.54) is 0 Å². The molecule has 1 fully saturated rings. The molecule has 1 saturated heterocycles. The van der Waals surface area contributed by atoms with Crippen LogP contribution in [0.2, 0.25) is 0 Å². The van der Waals surface area contributed by atoms with Crippen molar-refractivity contribution < 1.29 is 18.3 Å². The first kappa shape index (κ1) is 15.9. The maximum atomic E-state index is 12.3. The second kappa shape index (κ2) is 6.12. The monoisotopic (exact) mass is 316 g/mol. The molecule has 0 spiro atoms. The van der Waals surface area contributed by atoms with Crippen LogP contribution in [0.5, 0.6) is 0 Å². The number of nitrogens with one attached hydrogen (secondary N) is 1. The first-order valence-electron chi connectivity index (χ1n) is 6.79. The lowest BCUT2D eigenvalue weighted by molar-refractivity contribution is -0.142. The van der Waals surface area contributed by atoms with Crippen molar-refractivity contribution >= 4 is 16.2 Å². The maximum Gasteiger partial charge on any atom is 0.322 e. The number of carbonyl (C=O) groups is 1. The van der Waals surface area contributed by atoms with E-state index in [2.05, 4.69) is 9.82 Å². The van der Waals surface area contributed by atoms with Crippen LogP contribution in [0.15, 0.2) is 6.20 Å². The number of hydrogen-bond acceptors (Lipinski definition) is 4. The minimum absolute atomic E-state index is 0.102. The molecule has 2 heterocycles. The predicted molar refractivity (Wildman–Crippen MR) is 75.7 cm³/mol. The Morgan fingerprint density at radius 1 is 1.52 bits per heavy atom. The second-order valence-electron chi connectivity index (χ2n) is 5.20. The van der Waals surface area contributed by atoms with Gasteiger partial charge in [-0.1, -0.05) is 0 Å². The van der Waals surface area contributed by atoms with Gasteiger partial charge in [-0.05, 0) is 26.2 Å². The van der Waals surface area contributed by atoms with Crippen LogP contribution in [-0.4, -0.2) is 46.2 Å². The Morgan fingerprint density at radius 2 is 2.24 bits per heavy atom. The summed E-state index contributed by atoms with van der Waals surface area (Å²) in [5, 5.41) is 13.3. The van der Waals surface area contributed by atoms with Crippen molar-refractivity contribution in [3.8, 4) is 0 Å². The van der Waals surface area contributed by atoms with Gasteiger partial charge >= 0.3 is 5.97 Å². The first-order chi connectivity index (χ1) is 9.81. The lowest BCUT2D eigenvalue weighted by Gasteiger charge is -2.31. The third-order valence-electron chi connectivity index (χ3n) is 3.61. The molecule has 2 N–H and O–H groups in total. The van der Waals surface area contributed by atoms with Crippen LogP contribution in [0.25, 0.3) is 0 Å². The Morgan fingerprint density at radius 3 is 2.81 bits per heavy atom. The molecule has 0 amide bonds. The smallest absolute Gasteiger partial charge is 0.322 e. The summed E-state index contributed by atoms with van der Waals surface area (Å²) in [5.74, 6) is -1.10. The fraction of sp³-hybridized carbons (Fsp3) is 0.667. The number of carboxylic acids is 1. The fourth-order valence-corrected chi connectivity index (χ4v) is 3.92. The number of piperidine rings is 1. The molecule has 1 aromatic heterocycles. The highest BCUT2D eigenvalue weighted by molar-refractivity contribution is 7.87. The molecule has 0 radical (unpaired) electrons. The zero-order valence-electron chi connectivity index (χ0n) is 12.1. The van der Waals surface area contributed by atoms with Gasteiger partial charge in [0.15, 0.2) is 0 Å². The molecular formula is C12H20N4O4S. The highest BCUT2D eigenvalue weighted by Crippen LogP contribution is 2.20. The minimum atomic E-state index is -3.82. The molecule has 1 aliphatic rings. The SMILES string of the molecule is Cc1nn(C)cc1CNS(=O)(=O)N1CCCCC1C(=O)O. The van der Waals surface area contributed by atoms with Crippen LogP contribution in [-0.2, 0) is 28.6 Å². The maximum absolute atomic E-state index is 12.3. The van der Waals surface area contributed by atoms with E-state index in [1.807, 2.05) is 0 Å². The lowest BCUT2D eigenvalue weighted by Crippen LogP contribution is -2.51. The third-order valence-corrected chi connectivity index (χ3v) is 5.17. The van der Waals surface area contributed by atoms with Gasteiger partial charge in [0.05, 0.1) is 5.69 Å². The van der Waals surface area contributed by atoms with Crippen LogP contribution in [0.4, 0.5) is 0 Å². The summed E-state index contributed by atoms with van der Waals surface area (Å²) in [5.41, 5.74) is 1.51. The lowest BCUT2D eigenvalue weighted by atomic mass is 10.1. The van der Waals surface area contributed by atoms with Crippen molar-refractivity contribution in [3.05, 3.63) is 17.5 Å². The molecule has 21 heavy (non-hydrogen) atoms. The summed E-state index contributed by atoms with van der Waals surface area (Å²) < 4.78 is 29.8. The van der Waals surface area contributed by atoms with E-state index in [4.69, 9.17) is 5.11 Å². The predicted octanol–water partition coefficient (Wildman–Crippen LogP) is 0.00202. The summed E-state index contributed by atoms with van der Waals surface area (Å²) in [6, 6.07) is -0.980. The highest BCUT2D eigenvalue weighted by Gasteiger charge is 2.36. The number of aromatic nitrogens is 2. The zero-order valence-corrected chi connectivity index (χ0v) is 12.9. The van der Waals surface area contributed by atoms with E-state index in [1.54, 1.807) is 24.9 Å². The van der Waals surface area contributed by atoms with Crippen molar-refractivity contribution in [3.63, 3.8) is 0 Å². The van der Waals surface area contributed by atoms with Gasteiger partial charge in [0.25, 0.3) is 10.2 Å². The van der Waals surface area contributed by atoms with Crippen LogP contribution in [0.3, 0.4) is 0 Å². The molecule has 1 unspecified atom stereocenters. The Bertz CT molecular complexity index is 625. The third kappa shape index (κ3) is 3.60. The summed E-state index contributed by atoms with van der Waals surface area (Å²) in [6.45, 7) is 2.13. The van der Waals surface area contributed by atoms with Crippen LogP contribution < -0.4 is 4.72 Å². The summed E-state index contributed by atoms with van der Waals surface area (Å²) >= 11 is 0. The quantitative estimate of drug-likeness (QED) is 0.796. The second-order valence-corrected chi connectivity index (χ2v) is 6.91. The highest BCUT2D eigenvalue weighted by atomic mass is 32.2. The van der Waals surface area contributed by atoms with E-state index in [-0.39, 0.29) is 13.1 Å². The van der Waals surface area contributed by atoms with E-state index >= 15 is 0 Å². The van der Waals surface area contributed by atoms with Crippen LogP contribution in [0, 0.1) is 6.92 Å². The standard InChI is InChI=1S/C12H20N4O4S/c1-9-10(8-15(2)14-9)7-13-21(19,20)16-6-4-3-5-11(16)12(17)18/h8,11,13H,3-7H2,1-2H3,(H,17,18). The zero-order chi connectivity index (χ0) is 15.6. The molecule has 1 atom stereocenters. The van der Waals surface area contributed by atoms with Crippen molar-refractivity contribution in [2.24, 2.45) is 7.05 Å². The molecule has 8 nitrogen and oxygen atoms in total. The number of hydrogen-bond donors (Lipinski definition) is 2.